The van der Waals surface area contributed by atoms with Crippen LogP contribution in [0.3, 0.4) is 0 Å². The fourth-order valence-corrected chi connectivity index (χ4v) is 3.27. The highest BCUT2D eigenvalue weighted by atomic mass is 32.1. The minimum Gasteiger partial charge on any atom is -0.375 e. The number of nitrogens with two attached hydrogens (primary N) is 1. The van der Waals surface area contributed by atoms with Crippen LogP contribution >= 0.6 is 11.3 Å². The summed E-state index contributed by atoms with van der Waals surface area (Å²) >= 11 is 1.50. The zero-order valence-electron chi connectivity index (χ0n) is 11.8. The van der Waals surface area contributed by atoms with Crippen LogP contribution in [-0.2, 0) is 0 Å². The molecule has 2 aromatic heterocycles. The van der Waals surface area contributed by atoms with E-state index in [1.165, 1.54) is 22.5 Å². The number of rotatable bonds is 1. The van der Waals surface area contributed by atoms with Gasteiger partial charge in [-0.25, -0.2) is 9.97 Å². The van der Waals surface area contributed by atoms with Gasteiger partial charge in [0.2, 0.25) is 0 Å². The van der Waals surface area contributed by atoms with Gasteiger partial charge in [0.15, 0.2) is 5.13 Å². The van der Waals surface area contributed by atoms with Crippen LogP contribution in [-0.4, -0.2) is 15.0 Å². The largest absolute Gasteiger partial charge is 0.375 e. The Kier molecular flexibility index (Phi) is 2.53. The Balaban J connectivity index is 1.90. The van der Waals surface area contributed by atoms with E-state index in [0.717, 1.165) is 32.6 Å². The number of benzene rings is 2. The van der Waals surface area contributed by atoms with E-state index in [4.69, 9.17) is 10.7 Å². The van der Waals surface area contributed by atoms with Crippen molar-refractivity contribution in [3.05, 3.63) is 41.5 Å². The van der Waals surface area contributed by atoms with Gasteiger partial charge in [-0.15, -0.1) is 0 Å². The van der Waals surface area contributed by atoms with Crippen LogP contribution < -0.4 is 5.73 Å². The Hall–Kier alpha value is -2.40. The van der Waals surface area contributed by atoms with Crippen molar-refractivity contribution in [2.45, 2.75) is 13.8 Å². The highest BCUT2D eigenvalue weighted by Crippen LogP contribution is 2.29. The van der Waals surface area contributed by atoms with Crippen LogP contribution in [0.5, 0.6) is 0 Å². The maximum atomic E-state index is 5.76. The van der Waals surface area contributed by atoms with Crippen molar-refractivity contribution in [2.24, 2.45) is 0 Å². The van der Waals surface area contributed by atoms with Crippen LogP contribution in [0.1, 0.15) is 11.1 Å². The molecule has 2 aromatic carbocycles. The van der Waals surface area contributed by atoms with Gasteiger partial charge in [-0.3, -0.25) is 0 Å². The molecule has 0 aliphatic heterocycles. The van der Waals surface area contributed by atoms with E-state index >= 15 is 0 Å². The predicted molar refractivity (Wildman–Crippen MR) is 88.6 cm³/mol. The van der Waals surface area contributed by atoms with Gasteiger partial charge in [0, 0.05) is 5.56 Å². The molecule has 0 radical (unpaired) electrons. The van der Waals surface area contributed by atoms with Gasteiger partial charge in [0.1, 0.15) is 5.82 Å². The van der Waals surface area contributed by atoms with E-state index in [9.17, 15) is 0 Å². The van der Waals surface area contributed by atoms with Crippen LogP contribution in [0.2, 0.25) is 0 Å². The molecular formula is C16H14N4S. The number of anilines is 1. The van der Waals surface area contributed by atoms with E-state index in [1.807, 2.05) is 12.1 Å². The standard InChI is InChI=1S/C16H14N4S/c1-8-5-12-13(6-9(8)2)19-15(18-12)10-3-4-11-14(7-10)21-16(17)20-11/h3-7H,1-2H3,(H2,17,20)(H,18,19). The minimum absolute atomic E-state index is 0.595. The van der Waals surface area contributed by atoms with Crippen LogP contribution in [0.25, 0.3) is 32.6 Å². The molecule has 0 aliphatic rings. The van der Waals surface area contributed by atoms with Crippen LogP contribution in [0, 0.1) is 13.8 Å². The SMILES string of the molecule is Cc1cc2nc(-c3ccc4nc(N)sc4c3)[nH]c2cc1C. The summed E-state index contributed by atoms with van der Waals surface area (Å²) in [6.07, 6.45) is 0. The van der Waals surface area contributed by atoms with Gasteiger partial charge in [0.25, 0.3) is 0 Å². The van der Waals surface area contributed by atoms with Crippen molar-refractivity contribution in [3.8, 4) is 11.4 Å². The first-order chi connectivity index (χ1) is 10.1. The van der Waals surface area contributed by atoms with Gasteiger partial charge in [-0.2, -0.15) is 0 Å². The molecule has 0 aliphatic carbocycles. The van der Waals surface area contributed by atoms with E-state index in [2.05, 4.69) is 42.0 Å². The minimum atomic E-state index is 0.595. The second-order valence-electron chi connectivity index (χ2n) is 5.27. The Morgan fingerprint density at radius 3 is 2.67 bits per heavy atom. The quantitative estimate of drug-likeness (QED) is 0.556. The van der Waals surface area contributed by atoms with E-state index < -0.39 is 0 Å². The molecule has 0 bridgehead atoms. The maximum Gasteiger partial charge on any atom is 0.181 e. The number of aryl methyl sites for hydroxylation is 2. The average Bonchev–Trinajstić information content (AvgIpc) is 3.00. The Morgan fingerprint density at radius 1 is 1.00 bits per heavy atom. The Labute approximate surface area is 125 Å². The van der Waals surface area contributed by atoms with Gasteiger partial charge in [-0.05, 0) is 55.3 Å². The summed E-state index contributed by atoms with van der Waals surface area (Å²) in [6.45, 7) is 4.22. The van der Waals surface area contributed by atoms with Gasteiger partial charge in [0.05, 0.1) is 21.3 Å². The number of nitrogens with zero attached hydrogens (tertiary/aromatic N) is 2. The van der Waals surface area contributed by atoms with Gasteiger partial charge >= 0.3 is 0 Å². The molecule has 0 saturated heterocycles. The number of thiazole rings is 1. The Bertz CT molecular complexity index is 942. The van der Waals surface area contributed by atoms with Crippen molar-refractivity contribution in [3.63, 3.8) is 0 Å². The van der Waals surface area contributed by atoms with Crippen molar-refractivity contribution in [1.29, 1.82) is 0 Å². The number of H-pyrrole nitrogens is 1. The molecule has 0 spiro atoms. The molecule has 0 fully saturated rings. The second kappa shape index (κ2) is 4.30. The molecule has 4 rings (SSSR count). The molecule has 0 atom stereocenters. The third-order valence-corrected chi connectivity index (χ3v) is 4.62. The fourth-order valence-electron chi connectivity index (χ4n) is 2.50. The molecule has 2 heterocycles. The Morgan fingerprint density at radius 2 is 1.81 bits per heavy atom. The zero-order chi connectivity index (χ0) is 14.6. The van der Waals surface area contributed by atoms with Crippen LogP contribution in [0.4, 0.5) is 5.13 Å². The molecular weight excluding hydrogens is 280 g/mol. The normalized spacial score (nSPS) is 11.5. The topological polar surface area (TPSA) is 67.6 Å². The summed E-state index contributed by atoms with van der Waals surface area (Å²) in [6, 6.07) is 10.4. The summed E-state index contributed by atoms with van der Waals surface area (Å²) in [5, 5.41) is 0.595. The van der Waals surface area contributed by atoms with Gasteiger partial charge < -0.3 is 10.7 Å². The average molecular weight is 294 g/mol. The van der Waals surface area contributed by atoms with Crippen molar-refractivity contribution in [2.75, 3.05) is 5.73 Å². The highest BCUT2D eigenvalue weighted by molar-refractivity contribution is 7.22. The summed E-state index contributed by atoms with van der Waals surface area (Å²) in [5.74, 6) is 0.879. The molecule has 104 valence electrons. The monoisotopic (exact) mass is 294 g/mol. The first kappa shape index (κ1) is 12.3. The third kappa shape index (κ3) is 1.97. The summed E-state index contributed by atoms with van der Waals surface area (Å²) < 4.78 is 1.08. The fraction of sp³-hybridized carbons (Fsp3) is 0.125. The lowest BCUT2D eigenvalue weighted by molar-refractivity contribution is 1.34. The number of nitrogens with one attached hydrogen (secondary N) is 1. The number of hydrogen-bond acceptors (Lipinski definition) is 4. The number of aromatic amines is 1. The smallest absolute Gasteiger partial charge is 0.181 e. The van der Waals surface area contributed by atoms with E-state index in [1.54, 1.807) is 0 Å². The molecule has 5 heteroatoms. The lowest BCUT2D eigenvalue weighted by Crippen LogP contribution is -1.80. The summed E-state index contributed by atoms with van der Waals surface area (Å²) in [5.41, 5.74) is 12.3. The number of nitrogen functional groups attached to an aromatic ring is 1. The molecule has 4 aromatic rings. The zero-order valence-corrected chi connectivity index (χ0v) is 12.6. The lowest BCUT2D eigenvalue weighted by Gasteiger charge is -1.97. The summed E-state index contributed by atoms with van der Waals surface area (Å²) in [4.78, 5) is 12.4. The number of hydrogen-bond donors (Lipinski definition) is 2. The third-order valence-electron chi connectivity index (χ3n) is 3.78. The molecule has 21 heavy (non-hydrogen) atoms. The molecule has 0 saturated carbocycles. The number of imidazole rings is 1. The molecule has 4 nitrogen and oxygen atoms in total. The van der Waals surface area contributed by atoms with Crippen molar-refractivity contribution in [1.82, 2.24) is 15.0 Å². The first-order valence-electron chi connectivity index (χ1n) is 6.73. The maximum absolute atomic E-state index is 5.76. The first-order valence-corrected chi connectivity index (χ1v) is 7.55. The lowest BCUT2D eigenvalue weighted by atomic mass is 10.1. The number of aromatic nitrogens is 3. The van der Waals surface area contributed by atoms with Crippen molar-refractivity contribution < 1.29 is 0 Å². The van der Waals surface area contributed by atoms with Crippen LogP contribution in [0.15, 0.2) is 30.3 Å². The van der Waals surface area contributed by atoms with E-state index in [0.29, 0.717) is 5.13 Å². The molecule has 3 N–H and O–H groups in total. The second-order valence-corrected chi connectivity index (χ2v) is 6.34. The van der Waals surface area contributed by atoms with Crippen molar-refractivity contribution >= 4 is 37.7 Å². The van der Waals surface area contributed by atoms with E-state index in [-0.39, 0.29) is 0 Å². The van der Waals surface area contributed by atoms with Gasteiger partial charge in [-0.1, -0.05) is 11.3 Å². The predicted octanol–water partition coefficient (Wildman–Crippen LogP) is 4.04. The highest BCUT2D eigenvalue weighted by Gasteiger charge is 2.09. The number of fused-ring (bicyclic) bond motifs is 2. The molecule has 0 unspecified atom stereocenters. The molecule has 0 amide bonds. The summed E-state index contributed by atoms with van der Waals surface area (Å²) in [7, 11) is 0.